The van der Waals surface area contributed by atoms with E-state index in [1.54, 1.807) is 30.3 Å². The molecule has 0 radical (unpaired) electrons. The van der Waals surface area contributed by atoms with E-state index in [1.807, 2.05) is 6.07 Å². The molecule has 0 heterocycles. The van der Waals surface area contributed by atoms with Crippen LogP contribution in [-0.2, 0) is 6.54 Å². The molecular weight excluding hydrogens is 303 g/mol. The van der Waals surface area contributed by atoms with E-state index in [0.29, 0.717) is 32.9 Å². The quantitative estimate of drug-likeness (QED) is 0.853. The van der Waals surface area contributed by atoms with Crippen molar-refractivity contribution in [2.24, 2.45) is 0 Å². The van der Waals surface area contributed by atoms with Gasteiger partial charge in [0, 0.05) is 11.6 Å². The summed E-state index contributed by atoms with van der Waals surface area (Å²) in [5.41, 5.74) is 2.21. The molecule has 0 amide bonds. The molecule has 19 heavy (non-hydrogen) atoms. The number of halogens is 3. The van der Waals surface area contributed by atoms with E-state index in [9.17, 15) is 0 Å². The van der Waals surface area contributed by atoms with Gasteiger partial charge in [0.25, 0.3) is 0 Å². The van der Waals surface area contributed by atoms with E-state index in [1.165, 1.54) is 0 Å². The maximum absolute atomic E-state index is 9.02. The van der Waals surface area contributed by atoms with Crippen LogP contribution in [0.4, 0.5) is 5.69 Å². The summed E-state index contributed by atoms with van der Waals surface area (Å²) in [6.07, 6.45) is 0. The lowest BCUT2D eigenvalue weighted by Crippen LogP contribution is -2.01. The fourth-order valence-corrected chi connectivity index (χ4v) is 2.10. The summed E-state index contributed by atoms with van der Waals surface area (Å²) in [5, 5.41) is 13.8. The highest BCUT2D eigenvalue weighted by molar-refractivity contribution is 6.42. The van der Waals surface area contributed by atoms with Gasteiger partial charge in [-0.25, -0.2) is 0 Å². The highest BCUT2D eigenvalue weighted by atomic mass is 35.5. The Hall–Kier alpha value is -1.40. The van der Waals surface area contributed by atoms with Gasteiger partial charge in [0.15, 0.2) is 0 Å². The lowest BCUT2D eigenvalue weighted by Gasteiger charge is -2.09. The van der Waals surface area contributed by atoms with Crippen molar-refractivity contribution in [3.05, 3.63) is 62.6 Å². The van der Waals surface area contributed by atoms with E-state index in [4.69, 9.17) is 40.1 Å². The third-order valence-electron chi connectivity index (χ3n) is 2.57. The maximum Gasteiger partial charge on any atom is 0.101 e. The minimum Gasteiger partial charge on any atom is -0.380 e. The normalized spacial score (nSPS) is 10.0. The molecule has 96 valence electrons. The molecule has 2 rings (SSSR count). The van der Waals surface area contributed by atoms with Crippen LogP contribution in [0.1, 0.15) is 11.1 Å². The number of rotatable bonds is 3. The number of benzene rings is 2. The van der Waals surface area contributed by atoms with Crippen molar-refractivity contribution >= 4 is 40.5 Å². The Balaban J connectivity index is 2.16. The fraction of sp³-hybridized carbons (Fsp3) is 0.0714. The average molecular weight is 312 g/mol. The van der Waals surface area contributed by atoms with Crippen molar-refractivity contribution in [2.75, 3.05) is 5.32 Å². The van der Waals surface area contributed by atoms with Gasteiger partial charge in [-0.05, 0) is 35.9 Å². The predicted molar refractivity (Wildman–Crippen MR) is 80.0 cm³/mol. The van der Waals surface area contributed by atoms with Crippen LogP contribution in [0.3, 0.4) is 0 Å². The highest BCUT2D eigenvalue weighted by Gasteiger charge is 2.04. The molecule has 5 heteroatoms. The summed E-state index contributed by atoms with van der Waals surface area (Å²) in [7, 11) is 0. The molecule has 0 aromatic heterocycles. The minimum atomic E-state index is 0.507. The van der Waals surface area contributed by atoms with Gasteiger partial charge in [0.05, 0.1) is 21.3 Å². The zero-order valence-electron chi connectivity index (χ0n) is 9.75. The molecular formula is C14H9Cl3N2. The number of hydrogen-bond acceptors (Lipinski definition) is 2. The van der Waals surface area contributed by atoms with Gasteiger partial charge in [-0.3, -0.25) is 0 Å². The second-order valence-corrected chi connectivity index (χ2v) is 5.15. The van der Waals surface area contributed by atoms with E-state index in [0.717, 1.165) is 5.56 Å². The van der Waals surface area contributed by atoms with Gasteiger partial charge in [0.1, 0.15) is 6.07 Å². The first-order chi connectivity index (χ1) is 9.10. The molecule has 0 atom stereocenters. The highest BCUT2D eigenvalue weighted by Crippen LogP contribution is 2.24. The second-order valence-electron chi connectivity index (χ2n) is 3.90. The van der Waals surface area contributed by atoms with Gasteiger partial charge in [-0.2, -0.15) is 5.26 Å². The van der Waals surface area contributed by atoms with Crippen LogP contribution in [0.2, 0.25) is 15.1 Å². The zero-order valence-corrected chi connectivity index (χ0v) is 12.0. The number of nitrogens with zero attached hydrogens (tertiary/aromatic N) is 1. The van der Waals surface area contributed by atoms with Gasteiger partial charge in [0.2, 0.25) is 0 Å². The molecule has 0 saturated carbocycles. The average Bonchev–Trinajstić information content (AvgIpc) is 2.40. The Labute approximate surface area is 126 Å². The first-order valence-electron chi connectivity index (χ1n) is 5.47. The van der Waals surface area contributed by atoms with Gasteiger partial charge in [-0.1, -0.05) is 40.9 Å². The van der Waals surface area contributed by atoms with Crippen molar-refractivity contribution in [2.45, 2.75) is 6.54 Å². The summed E-state index contributed by atoms with van der Waals surface area (Å²) in [6.45, 7) is 0.534. The zero-order chi connectivity index (χ0) is 13.8. The number of nitrogens with one attached hydrogen (secondary N) is 1. The molecule has 0 bridgehead atoms. The largest absolute Gasteiger partial charge is 0.380 e. The SMILES string of the molecule is N#Cc1ccc(Cl)cc1NCc1ccc(Cl)c(Cl)c1. The Kier molecular flexibility index (Phi) is 4.55. The Morgan fingerprint density at radius 1 is 1.00 bits per heavy atom. The Morgan fingerprint density at radius 3 is 2.47 bits per heavy atom. The molecule has 0 spiro atoms. The van der Waals surface area contributed by atoms with Crippen molar-refractivity contribution in [1.82, 2.24) is 0 Å². The molecule has 0 aliphatic heterocycles. The van der Waals surface area contributed by atoms with Crippen LogP contribution >= 0.6 is 34.8 Å². The number of anilines is 1. The second kappa shape index (κ2) is 6.16. The molecule has 0 saturated heterocycles. The Bertz CT molecular complexity index is 648. The van der Waals surface area contributed by atoms with Crippen LogP contribution in [0.5, 0.6) is 0 Å². The number of nitriles is 1. The molecule has 0 fully saturated rings. The summed E-state index contributed by atoms with van der Waals surface area (Å²) in [6, 6.07) is 12.6. The first-order valence-corrected chi connectivity index (χ1v) is 6.61. The maximum atomic E-state index is 9.02. The van der Waals surface area contributed by atoms with Crippen LogP contribution in [0.25, 0.3) is 0 Å². The summed E-state index contributed by atoms with van der Waals surface area (Å²) >= 11 is 17.7. The molecule has 0 aliphatic rings. The van der Waals surface area contributed by atoms with Crippen molar-refractivity contribution in [1.29, 1.82) is 5.26 Å². The van der Waals surface area contributed by atoms with Crippen LogP contribution < -0.4 is 5.32 Å². The number of hydrogen-bond donors (Lipinski definition) is 1. The topological polar surface area (TPSA) is 35.8 Å². The summed E-state index contributed by atoms with van der Waals surface area (Å²) in [4.78, 5) is 0. The molecule has 2 aromatic carbocycles. The first kappa shape index (κ1) is 14.0. The standard InChI is InChI=1S/C14H9Cl3N2/c15-11-3-2-10(7-18)14(6-11)19-8-9-1-4-12(16)13(17)5-9/h1-6,19H,8H2. The van der Waals surface area contributed by atoms with E-state index >= 15 is 0 Å². The van der Waals surface area contributed by atoms with Crippen LogP contribution in [0, 0.1) is 11.3 Å². The Morgan fingerprint density at radius 2 is 1.79 bits per heavy atom. The fourth-order valence-electron chi connectivity index (χ4n) is 1.61. The monoisotopic (exact) mass is 310 g/mol. The van der Waals surface area contributed by atoms with Crippen molar-refractivity contribution in [3.8, 4) is 6.07 Å². The minimum absolute atomic E-state index is 0.507. The van der Waals surface area contributed by atoms with E-state index < -0.39 is 0 Å². The van der Waals surface area contributed by atoms with E-state index in [-0.39, 0.29) is 0 Å². The van der Waals surface area contributed by atoms with Crippen LogP contribution in [-0.4, -0.2) is 0 Å². The van der Waals surface area contributed by atoms with Gasteiger partial charge in [-0.15, -0.1) is 0 Å². The smallest absolute Gasteiger partial charge is 0.101 e. The molecule has 0 aliphatic carbocycles. The lowest BCUT2D eigenvalue weighted by atomic mass is 10.1. The summed E-state index contributed by atoms with van der Waals surface area (Å²) in [5.74, 6) is 0. The molecule has 0 unspecified atom stereocenters. The van der Waals surface area contributed by atoms with Crippen LogP contribution in [0.15, 0.2) is 36.4 Å². The van der Waals surface area contributed by atoms with E-state index in [2.05, 4.69) is 11.4 Å². The molecule has 2 nitrogen and oxygen atoms in total. The third-order valence-corrected chi connectivity index (χ3v) is 3.54. The lowest BCUT2D eigenvalue weighted by molar-refractivity contribution is 1.15. The predicted octanol–water partition coefficient (Wildman–Crippen LogP) is 5.13. The van der Waals surface area contributed by atoms with Crippen molar-refractivity contribution < 1.29 is 0 Å². The van der Waals surface area contributed by atoms with Gasteiger partial charge < -0.3 is 5.32 Å². The van der Waals surface area contributed by atoms with Gasteiger partial charge >= 0.3 is 0 Å². The molecule has 2 aromatic rings. The van der Waals surface area contributed by atoms with Crippen molar-refractivity contribution in [3.63, 3.8) is 0 Å². The molecule has 1 N–H and O–H groups in total. The summed E-state index contributed by atoms with van der Waals surface area (Å²) < 4.78 is 0. The third kappa shape index (κ3) is 3.54.